The Balaban J connectivity index is 2.43. The van der Waals surface area contributed by atoms with Crippen LogP contribution in [-0.4, -0.2) is 0 Å². The molecule has 0 heteroatoms. The van der Waals surface area contributed by atoms with Crippen LogP contribution >= 0.6 is 0 Å². The first-order valence-electron chi connectivity index (χ1n) is 6.76. The standard InChI is InChI=1S/C18H22/c1-4-5-13-17-15(2)10-9-14-18(17,3)16-11-7-6-8-12-16/h5-14,17H,4H2,1-3H3. The van der Waals surface area contributed by atoms with Gasteiger partial charge in [0.15, 0.2) is 0 Å². The van der Waals surface area contributed by atoms with Crippen molar-refractivity contribution >= 4 is 0 Å². The van der Waals surface area contributed by atoms with Crippen molar-refractivity contribution in [3.8, 4) is 0 Å². The van der Waals surface area contributed by atoms with Gasteiger partial charge in [-0.3, -0.25) is 0 Å². The molecule has 0 fully saturated rings. The lowest BCUT2D eigenvalue weighted by molar-refractivity contribution is 0.476. The van der Waals surface area contributed by atoms with Crippen molar-refractivity contribution < 1.29 is 0 Å². The van der Waals surface area contributed by atoms with Crippen LogP contribution in [0, 0.1) is 5.92 Å². The molecule has 0 bridgehead atoms. The summed E-state index contributed by atoms with van der Waals surface area (Å²) in [5.74, 6) is 0.463. The van der Waals surface area contributed by atoms with Gasteiger partial charge in [0, 0.05) is 11.3 Å². The Hall–Kier alpha value is -1.56. The zero-order valence-electron chi connectivity index (χ0n) is 11.6. The quantitative estimate of drug-likeness (QED) is 0.647. The average molecular weight is 238 g/mol. The second kappa shape index (κ2) is 5.39. The fraction of sp³-hybridized carbons (Fsp3) is 0.333. The van der Waals surface area contributed by atoms with E-state index in [1.54, 1.807) is 0 Å². The minimum Gasteiger partial charge on any atom is -0.0882 e. The third-order valence-electron chi connectivity index (χ3n) is 3.90. The summed E-state index contributed by atoms with van der Waals surface area (Å²) in [6.07, 6.45) is 12.5. The Labute approximate surface area is 111 Å². The molecule has 2 rings (SSSR count). The summed E-state index contributed by atoms with van der Waals surface area (Å²) < 4.78 is 0. The van der Waals surface area contributed by atoms with Gasteiger partial charge in [-0.1, -0.05) is 80.1 Å². The topological polar surface area (TPSA) is 0 Å². The van der Waals surface area contributed by atoms with Crippen molar-refractivity contribution in [2.24, 2.45) is 5.92 Å². The summed E-state index contributed by atoms with van der Waals surface area (Å²) in [7, 11) is 0. The molecule has 0 saturated carbocycles. The zero-order chi connectivity index (χ0) is 13.0. The van der Waals surface area contributed by atoms with Crippen molar-refractivity contribution in [1.29, 1.82) is 0 Å². The first-order valence-corrected chi connectivity index (χ1v) is 6.76. The van der Waals surface area contributed by atoms with E-state index in [1.807, 2.05) is 0 Å². The molecule has 0 aliphatic heterocycles. The maximum atomic E-state index is 2.36. The van der Waals surface area contributed by atoms with Crippen LogP contribution < -0.4 is 0 Å². The van der Waals surface area contributed by atoms with Crippen LogP contribution in [0.3, 0.4) is 0 Å². The summed E-state index contributed by atoms with van der Waals surface area (Å²) in [6.45, 7) is 6.75. The third-order valence-corrected chi connectivity index (χ3v) is 3.90. The van der Waals surface area contributed by atoms with Crippen LogP contribution in [0.4, 0.5) is 0 Å². The van der Waals surface area contributed by atoms with Gasteiger partial charge in [0.05, 0.1) is 0 Å². The fourth-order valence-electron chi connectivity index (χ4n) is 2.78. The molecule has 0 saturated heterocycles. The average Bonchev–Trinajstić information content (AvgIpc) is 2.39. The highest BCUT2D eigenvalue weighted by Gasteiger charge is 2.34. The first-order chi connectivity index (χ1) is 8.68. The minimum atomic E-state index is 0.0752. The van der Waals surface area contributed by atoms with Gasteiger partial charge in [-0.05, 0) is 18.9 Å². The lowest BCUT2D eigenvalue weighted by Gasteiger charge is -2.37. The van der Waals surface area contributed by atoms with E-state index in [-0.39, 0.29) is 5.41 Å². The van der Waals surface area contributed by atoms with Crippen molar-refractivity contribution in [3.05, 3.63) is 71.8 Å². The minimum absolute atomic E-state index is 0.0752. The van der Waals surface area contributed by atoms with Crippen molar-refractivity contribution in [2.75, 3.05) is 0 Å². The molecule has 1 aromatic carbocycles. The largest absolute Gasteiger partial charge is 0.0882 e. The first kappa shape index (κ1) is 12.9. The number of hydrogen-bond donors (Lipinski definition) is 0. The molecular weight excluding hydrogens is 216 g/mol. The molecule has 0 N–H and O–H groups in total. The Kier molecular flexibility index (Phi) is 3.86. The maximum absolute atomic E-state index is 2.36. The SMILES string of the molecule is CCC=CC1C(C)=CC=CC1(C)c1ccccc1. The highest BCUT2D eigenvalue weighted by molar-refractivity contribution is 5.41. The molecule has 1 aromatic rings. The molecule has 0 radical (unpaired) electrons. The van der Waals surface area contributed by atoms with Gasteiger partial charge in [-0.25, -0.2) is 0 Å². The van der Waals surface area contributed by atoms with Gasteiger partial charge in [-0.2, -0.15) is 0 Å². The molecule has 1 aliphatic rings. The number of hydrogen-bond acceptors (Lipinski definition) is 0. The molecule has 18 heavy (non-hydrogen) atoms. The summed E-state index contributed by atoms with van der Waals surface area (Å²) in [4.78, 5) is 0. The van der Waals surface area contributed by atoms with Crippen molar-refractivity contribution in [3.63, 3.8) is 0 Å². The number of benzene rings is 1. The molecule has 0 nitrogen and oxygen atoms in total. The Morgan fingerprint density at radius 1 is 1.22 bits per heavy atom. The van der Waals surface area contributed by atoms with Gasteiger partial charge in [0.2, 0.25) is 0 Å². The molecule has 0 spiro atoms. The van der Waals surface area contributed by atoms with Gasteiger partial charge in [0.25, 0.3) is 0 Å². The molecule has 94 valence electrons. The van der Waals surface area contributed by atoms with Gasteiger partial charge < -0.3 is 0 Å². The number of allylic oxidation sites excluding steroid dienone is 6. The predicted molar refractivity (Wildman–Crippen MR) is 79.6 cm³/mol. The smallest absolute Gasteiger partial charge is 0.0207 e. The van der Waals surface area contributed by atoms with Crippen LogP contribution in [0.1, 0.15) is 32.8 Å². The maximum Gasteiger partial charge on any atom is 0.0207 e. The zero-order valence-corrected chi connectivity index (χ0v) is 11.6. The summed E-state index contributed by atoms with van der Waals surface area (Å²) in [5, 5.41) is 0. The van der Waals surface area contributed by atoms with E-state index in [1.165, 1.54) is 11.1 Å². The molecule has 0 amide bonds. The Bertz CT molecular complexity index is 476. The number of rotatable bonds is 3. The van der Waals surface area contributed by atoms with Gasteiger partial charge >= 0.3 is 0 Å². The normalized spacial score (nSPS) is 27.5. The molecular formula is C18H22. The van der Waals surface area contributed by atoms with Crippen LogP contribution in [0.5, 0.6) is 0 Å². The molecule has 0 heterocycles. The van der Waals surface area contributed by atoms with E-state index in [4.69, 9.17) is 0 Å². The van der Waals surface area contributed by atoms with Gasteiger partial charge in [0.1, 0.15) is 0 Å². The second-order valence-corrected chi connectivity index (χ2v) is 5.23. The monoisotopic (exact) mass is 238 g/mol. The Morgan fingerprint density at radius 2 is 1.94 bits per heavy atom. The van der Waals surface area contributed by atoms with E-state index >= 15 is 0 Å². The van der Waals surface area contributed by atoms with Crippen LogP contribution in [0.25, 0.3) is 0 Å². The van der Waals surface area contributed by atoms with Gasteiger partial charge in [-0.15, -0.1) is 0 Å². The van der Waals surface area contributed by atoms with Crippen molar-refractivity contribution in [1.82, 2.24) is 0 Å². The Morgan fingerprint density at radius 3 is 2.61 bits per heavy atom. The summed E-state index contributed by atoms with van der Waals surface area (Å²) >= 11 is 0. The second-order valence-electron chi connectivity index (χ2n) is 5.23. The van der Waals surface area contributed by atoms with E-state index in [9.17, 15) is 0 Å². The molecule has 1 aliphatic carbocycles. The summed E-state index contributed by atoms with van der Waals surface area (Å²) in [6, 6.07) is 10.8. The van der Waals surface area contributed by atoms with E-state index in [0.29, 0.717) is 5.92 Å². The molecule has 2 atom stereocenters. The van der Waals surface area contributed by atoms with Crippen LogP contribution in [0.2, 0.25) is 0 Å². The molecule has 0 aromatic heterocycles. The van der Waals surface area contributed by atoms with E-state index in [2.05, 4.69) is 81.5 Å². The summed E-state index contributed by atoms with van der Waals surface area (Å²) in [5.41, 5.74) is 2.90. The molecule has 2 unspecified atom stereocenters. The fourth-order valence-corrected chi connectivity index (χ4v) is 2.78. The highest BCUT2D eigenvalue weighted by Crippen LogP contribution is 2.41. The third kappa shape index (κ3) is 2.33. The van der Waals surface area contributed by atoms with Crippen LogP contribution in [-0.2, 0) is 5.41 Å². The lowest BCUT2D eigenvalue weighted by atomic mass is 9.66. The predicted octanol–water partition coefficient (Wildman–Crippen LogP) is 5.04. The van der Waals surface area contributed by atoms with Crippen molar-refractivity contribution in [2.45, 2.75) is 32.6 Å². The lowest BCUT2D eigenvalue weighted by Crippen LogP contribution is -2.31. The highest BCUT2D eigenvalue weighted by atomic mass is 14.4. The van der Waals surface area contributed by atoms with Crippen LogP contribution in [0.15, 0.2) is 66.3 Å². The van der Waals surface area contributed by atoms with E-state index in [0.717, 1.165) is 6.42 Å². The van der Waals surface area contributed by atoms with E-state index < -0.39 is 0 Å².